The first kappa shape index (κ1) is 45.6. The summed E-state index contributed by atoms with van der Waals surface area (Å²) >= 11 is 1.40. The highest BCUT2D eigenvalue weighted by molar-refractivity contribution is 7.93. The van der Waals surface area contributed by atoms with Gasteiger partial charge >= 0.3 is 18.0 Å². The molecule has 2 fully saturated rings. The number of ketones is 2. The van der Waals surface area contributed by atoms with Crippen molar-refractivity contribution in [3.05, 3.63) is 59.4 Å². The first-order valence-corrected chi connectivity index (χ1v) is 24.0. The minimum absolute atomic E-state index is 0.0210. The molecule has 2 aromatic carbocycles. The van der Waals surface area contributed by atoms with Crippen molar-refractivity contribution in [2.45, 2.75) is 59.8 Å². The van der Waals surface area contributed by atoms with Gasteiger partial charge in [0.05, 0.1) is 24.7 Å². The molecule has 0 spiro atoms. The molecule has 18 nitrogen and oxygen atoms in total. The van der Waals surface area contributed by atoms with Crippen LogP contribution >= 0.6 is 22.7 Å². The average molecular weight is 904 g/mol. The van der Waals surface area contributed by atoms with Gasteiger partial charge in [-0.15, -0.1) is 0 Å². The fourth-order valence-corrected chi connectivity index (χ4v) is 10.3. The normalized spacial score (nSPS) is 14.4. The van der Waals surface area contributed by atoms with Crippen LogP contribution < -0.4 is 30.9 Å². The lowest BCUT2D eigenvalue weighted by atomic mass is 9.94. The van der Waals surface area contributed by atoms with Gasteiger partial charge in [0.15, 0.2) is 51.4 Å². The van der Waals surface area contributed by atoms with Crippen LogP contribution in [0.5, 0.6) is 5.75 Å². The van der Waals surface area contributed by atoms with Crippen molar-refractivity contribution in [2.24, 2.45) is 11.8 Å². The number of carbonyl (C=O) groups is 5. The van der Waals surface area contributed by atoms with Gasteiger partial charge in [-0.2, -0.15) is 0 Å². The number of methoxy groups -OCH3 is 1. The molecular weight excluding hydrogens is 859 g/mol. The van der Waals surface area contributed by atoms with Gasteiger partial charge in [-0.25, -0.2) is 41.2 Å². The summed E-state index contributed by atoms with van der Waals surface area (Å²) in [7, 11) is -1.97. The van der Waals surface area contributed by atoms with E-state index in [-0.39, 0.29) is 43.6 Å². The van der Waals surface area contributed by atoms with E-state index in [2.05, 4.69) is 31.2 Å². The maximum atomic E-state index is 13.0. The first-order chi connectivity index (χ1) is 28.2. The first-order valence-electron chi connectivity index (χ1n) is 18.6. The van der Waals surface area contributed by atoms with E-state index in [9.17, 15) is 40.8 Å². The van der Waals surface area contributed by atoms with Crippen molar-refractivity contribution < 1.29 is 50.7 Å². The number of sulfone groups is 2. The molecule has 60 heavy (non-hydrogen) atoms. The van der Waals surface area contributed by atoms with E-state index >= 15 is 0 Å². The zero-order valence-corrected chi connectivity index (χ0v) is 36.6. The SMILES string of the molecule is CN(C)c1ccc(NC(=O)Nc2ncc(S(C)(=O)=O)s2)c(C(=O)C2CCCC2)c1.COc1ccc(NC(=O)Nc2nc(C(=O)O)c(S(C)(=O)=O)s2)c(C(=O)C2CCCC2)c1. The summed E-state index contributed by atoms with van der Waals surface area (Å²) in [4.78, 5) is 71.6. The summed E-state index contributed by atoms with van der Waals surface area (Å²) in [5, 5.41) is 19.2. The molecule has 0 unspecified atom stereocenters. The summed E-state index contributed by atoms with van der Waals surface area (Å²) < 4.78 is 51.5. The average Bonchev–Trinajstić information content (AvgIpc) is 4.02. The zero-order chi connectivity index (χ0) is 43.9. The second-order valence-electron chi connectivity index (χ2n) is 14.4. The topological polar surface area (TPSA) is 260 Å². The van der Waals surface area contributed by atoms with Crippen LogP contribution in [0.3, 0.4) is 0 Å². The number of Topliss-reactive ketones (excluding diaryl/α,β-unsaturated/α-hetero) is 2. The number of rotatable bonds is 13. The van der Waals surface area contributed by atoms with Gasteiger partial charge in [-0.05, 0) is 62.1 Å². The van der Waals surface area contributed by atoms with Gasteiger partial charge in [0.2, 0.25) is 0 Å². The number of benzene rings is 2. The lowest BCUT2D eigenvalue weighted by molar-refractivity contribution is 0.0686. The monoisotopic (exact) mass is 903 g/mol. The number of amides is 4. The Labute approximate surface area is 355 Å². The summed E-state index contributed by atoms with van der Waals surface area (Å²) in [5.74, 6) is -1.25. The molecule has 2 aromatic heterocycles. The summed E-state index contributed by atoms with van der Waals surface area (Å²) in [5.41, 5.74) is 1.68. The molecule has 322 valence electrons. The van der Waals surface area contributed by atoms with E-state index in [1.165, 1.54) is 19.4 Å². The molecule has 5 N–H and O–H groups in total. The molecule has 0 bridgehead atoms. The number of hydrogen-bond acceptors (Lipinski definition) is 15. The van der Waals surface area contributed by atoms with E-state index < -0.39 is 47.6 Å². The van der Waals surface area contributed by atoms with Crippen molar-refractivity contribution >= 4 is 99.3 Å². The highest BCUT2D eigenvalue weighted by Gasteiger charge is 2.29. The number of thiazole rings is 2. The molecule has 22 heteroatoms. The highest BCUT2D eigenvalue weighted by Crippen LogP contribution is 2.34. The van der Waals surface area contributed by atoms with Crippen molar-refractivity contribution in [1.82, 2.24) is 9.97 Å². The molecule has 2 aliphatic rings. The van der Waals surface area contributed by atoms with Crippen LogP contribution in [0.4, 0.5) is 36.9 Å². The Morgan fingerprint density at radius 2 is 1.25 bits per heavy atom. The number of carboxylic acid groups (broad SMARTS) is 1. The molecule has 0 radical (unpaired) electrons. The van der Waals surface area contributed by atoms with Gasteiger partial charge in [0.25, 0.3) is 0 Å². The molecule has 0 atom stereocenters. The molecule has 2 saturated carbocycles. The summed E-state index contributed by atoms with van der Waals surface area (Å²) in [6, 6.07) is 8.63. The number of hydrogen-bond donors (Lipinski definition) is 5. The van der Waals surface area contributed by atoms with E-state index in [0.717, 1.165) is 80.9 Å². The van der Waals surface area contributed by atoms with E-state index in [4.69, 9.17) is 9.84 Å². The second kappa shape index (κ2) is 19.3. The fourth-order valence-electron chi connectivity index (χ4n) is 6.64. The third-order valence-corrected chi connectivity index (χ3v) is 15.1. The number of urea groups is 2. The number of anilines is 5. The molecule has 2 heterocycles. The van der Waals surface area contributed by atoms with Crippen molar-refractivity contribution in [1.29, 1.82) is 0 Å². The molecule has 0 aliphatic heterocycles. The van der Waals surface area contributed by atoms with Crippen LogP contribution in [0.15, 0.2) is 51.0 Å². The number of nitrogens with one attached hydrogen (secondary N) is 4. The van der Waals surface area contributed by atoms with Crippen LogP contribution in [0.25, 0.3) is 0 Å². The van der Waals surface area contributed by atoms with E-state index in [1.807, 2.05) is 25.1 Å². The van der Waals surface area contributed by atoms with Crippen molar-refractivity contribution in [3.63, 3.8) is 0 Å². The van der Waals surface area contributed by atoms with Crippen LogP contribution in [-0.2, 0) is 19.7 Å². The maximum absolute atomic E-state index is 13.0. The number of aromatic carboxylic acids is 1. The maximum Gasteiger partial charge on any atom is 0.356 e. The van der Waals surface area contributed by atoms with E-state index in [0.29, 0.717) is 33.9 Å². The largest absolute Gasteiger partial charge is 0.497 e. The molecule has 0 saturated heterocycles. The predicted molar refractivity (Wildman–Crippen MR) is 229 cm³/mol. The third kappa shape index (κ3) is 11.6. The number of carboxylic acids is 1. The Kier molecular flexibility index (Phi) is 14.7. The van der Waals surface area contributed by atoms with Gasteiger partial charge in [-0.3, -0.25) is 20.2 Å². The highest BCUT2D eigenvalue weighted by atomic mass is 32.2. The number of aromatic nitrogens is 2. The van der Waals surface area contributed by atoms with Crippen LogP contribution in [0.1, 0.15) is 82.6 Å². The Hall–Kier alpha value is -5.45. The smallest absolute Gasteiger partial charge is 0.356 e. The van der Waals surface area contributed by atoms with Gasteiger partial charge in [0, 0.05) is 55.3 Å². The van der Waals surface area contributed by atoms with Crippen LogP contribution in [-0.4, -0.2) is 95.2 Å². The number of carbonyl (C=O) groups excluding carboxylic acids is 4. The van der Waals surface area contributed by atoms with Crippen LogP contribution in [0, 0.1) is 11.8 Å². The molecule has 4 amide bonds. The zero-order valence-electron chi connectivity index (χ0n) is 33.4. The minimum atomic E-state index is -3.84. The van der Waals surface area contributed by atoms with Crippen LogP contribution in [0.2, 0.25) is 0 Å². The Balaban J connectivity index is 0.000000228. The van der Waals surface area contributed by atoms with Gasteiger partial charge < -0.3 is 25.4 Å². The third-order valence-electron chi connectivity index (χ3n) is 9.65. The Morgan fingerprint density at radius 1 is 0.733 bits per heavy atom. The Bertz CT molecular complexity index is 2510. The van der Waals surface area contributed by atoms with Gasteiger partial charge in [-0.1, -0.05) is 48.4 Å². The van der Waals surface area contributed by atoms with Gasteiger partial charge in [0.1, 0.15) is 9.96 Å². The van der Waals surface area contributed by atoms with E-state index in [1.54, 1.807) is 24.3 Å². The predicted octanol–water partition coefficient (Wildman–Crippen LogP) is 6.90. The van der Waals surface area contributed by atoms with Crippen molar-refractivity contribution in [2.75, 3.05) is 59.9 Å². The number of ether oxygens (including phenoxy) is 1. The lowest BCUT2D eigenvalue weighted by Crippen LogP contribution is -2.22. The molecule has 6 rings (SSSR count). The quantitative estimate of drug-likeness (QED) is 0.0856. The summed E-state index contributed by atoms with van der Waals surface area (Å²) in [6.07, 6.45) is 10.5. The van der Waals surface area contributed by atoms with Crippen molar-refractivity contribution in [3.8, 4) is 5.75 Å². The molecule has 2 aliphatic carbocycles. The standard InChI is InChI=1S/C19H24N4O4S2.C19H21N3O7S2/c1-23(2)13-8-9-15(14(10-13)17(24)12-6-4-5-7-12)21-18(25)22-19-20-11-16(28-19)29(3,26)27;1-29-11-7-8-13(12(9-11)15(23)10-5-3-4-6-10)20-18(26)22-19-21-14(16(24)25)17(30-19)31(2,27)28/h8-12H,4-7H2,1-3H3,(H2,20,21,22,25);7-10H,3-6H2,1-2H3,(H,24,25)(H2,20,21,22,26). The second-order valence-corrected chi connectivity index (χ2v) is 20.9. The fraction of sp³-hybridized carbons (Fsp3) is 0.395. The Morgan fingerprint density at radius 3 is 1.70 bits per heavy atom. The summed E-state index contributed by atoms with van der Waals surface area (Å²) in [6.45, 7) is 0. The lowest BCUT2D eigenvalue weighted by Gasteiger charge is -2.18. The molecular formula is C38H45N7O11S4. The number of nitrogens with zero attached hydrogens (tertiary/aromatic N) is 3. The minimum Gasteiger partial charge on any atom is -0.497 e. The molecule has 4 aromatic rings.